The predicted octanol–water partition coefficient (Wildman–Crippen LogP) is 2.40. The number of fused-ring (bicyclic) bond motifs is 2. The first-order chi connectivity index (χ1) is 13.5. The normalized spacial score (nSPS) is 15.7. The first-order valence-corrected chi connectivity index (χ1v) is 9.64. The van der Waals surface area contributed by atoms with E-state index in [0.29, 0.717) is 0 Å². The molecule has 0 aliphatic carbocycles. The van der Waals surface area contributed by atoms with Gasteiger partial charge >= 0.3 is 0 Å². The summed E-state index contributed by atoms with van der Waals surface area (Å²) in [6.45, 7) is 10.3. The molecular weight excluding hydrogens is 352 g/mol. The summed E-state index contributed by atoms with van der Waals surface area (Å²) >= 11 is 0. The Hall–Kier alpha value is -3.16. The maximum atomic E-state index is 4.76. The monoisotopic (exact) mass is 376 g/mol. The van der Waals surface area contributed by atoms with Gasteiger partial charge < -0.3 is 14.2 Å². The van der Waals surface area contributed by atoms with E-state index in [-0.39, 0.29) is 5.41 Å². The van der Waals surface area contributed by atoms with Crippen LogP contribution >= 0.6 is 0 Å². The highest BCUT2D eigenvalue weighted by Crippen LogP contribution is 2.24. The van der Waals surface area contributed by atoms with Crippen molar-refractivity contribution in [2.45, 2.75) is 26.2 Å². The maximum absolute atomic E-state index is 4.76. The molecule has 5 heterocycles. The van der Waals surface area contributed by atoms with Crippen LogP contribution in [0.5, 0.6) is 0 Å². The second-order valence-corrected chi connectivity index (χ2v) is 8.33. The second kappa shape index (κ2) is 6.19. The minimum Gasteiger partial charge on any atom is -0.367 e. The number of rotatable bonds is 2. The van der Waals surface area contributed by atoms with Crippen LogP contribution in [0, 0.1) is 0 Å². The van der Waals surface area contributed by atoms with Gasteiger partial charge in [0, 0.05) is 44.0 Å². The first kappa shape index (κ1) is 17.0. The lowest BCUT2D eigenvalue weighted by Gasteiger charge is -2.36. The molecule has 28 heavy (non-hydrogen) atoms. The van der Waals surface area contributed by atoms with Gasteiger partial charge in [0.2, 0.25) is 0 Å². The van der Waals surface area contributed by atoms with Crippen molar-refractivity contribution < 1.29 is 0 Å². The van der Waals surface area contributed by atoms with Gasteiger partial charge in [-0.1, -0.05) is 20.8 Å². The molecule has 144 valence electrons. The minimum absolute atomic E-state index is 0.0523. The van der Waals surface area contributed by atoms with Crippen molar-refractivity contribution in [2.75, 3.05) is 36.0 Å². The summed E-state index contributed by atoms with van der Waals surface area (Å²) in [5.74, 6) is 0.965. The molecule has 0 N–H and O–H groups in total. The summed E-state index contributed by atoms with van der Waals surface area (Å²) in [7, 11) is 0. The van der Waals surface area contributed by atoms with Crippen LogP contribution in [-0.2, 0) is 5.41 Å². The Bertz CT molecular complexity index is 1130. The van der Waals surface area contributed by atoms with E-state index in [4.69, 9.17) is 4.98 Å². The molecule has 8 heteroatoms. The maximum Gasteiger partial charge on any atom is 0.177 e. The molecule has 1 aliphatic rings. The summed E-state index contributed by atoms with van der Waals surface area (Å²) in [6, 6.07) is 8.26. The Balaban J connectivity index is 1.33. The van der Waals surface area contributed by atoms with Crippen molar-refractivity contribution in [3.63, 3.8) is 0 Å². The van der Waals surface area contributed by atoms with Crippen LogP contribution in [-0.4, -0.2) is 55.4 Å². The molecule has 0 bridgehead atoms. The molecule has 4 aromatic heterocycles. The largest absolute Gasteiger partial charge is 0.367 e. The number of hydrogen-bond acceptors (Lipinski definition) is 6. The third-order valence-corrected chi connectivity index (χ3v) is 5.32. The fraction of sp³-hybridized carbons (Fsp3) is 0.400. The van der Waals surface area contributed by atoms with E-state index < -0.39 is 0 Å². The molecule has 0 radical (unpaired) electrons. The molecular formula is C20H24N8. The molecule has 1 aliphatic heterocycles. The van der Waals surface area contributed by atoms with Crippen LogP contribution in [0.4, 0.5) is 11.5 Å². The van der Waals surface area contributed by atoms with E-state index in [0.717, 1.165) is 49.0 Å². The predicted molar refractivity (Wildman–Crippen MR) is 109 cm³/mol. The number of nitrogens with zero attached hydrogens (tertiary/aromatic N) is 8. The number of anilines is 2. The quantitative estimate of drug-likeness (QED) is 0.535. The van der Waals surface area contributed by atoms with Gasteiger partial charge in [-0.2, -0.15) is 4.52 Å². The van der Waals surface area contributed by atoms with Gasteiger partial charge in [-0.05, 0) is 24.3 Å². The SMILES string of the molecule is CC(C)(C)c1cn2cc(N3CCN(c4ccc5nncn5n4)CC3)ccc2n1. The van der Waals surface area contributed by atoms with Crippen molar-refractivity contribution in [2.24, 2.45) is 0 Å². The average Bonchev–Trinajstić information content (AvgIpc) is 3.33. The van der Waals surface area contributed by atoms with Crippen LogP contribution in [0.15, 0.2) is 43.0 Å². The fourth-order valence-corrected chi connectivity index (χ4v) is 3.61. The average molecular weight is 376 g/mol. The Labute approximate surface area is 163 Å². The van der Waals surface area contributed by atoms with Crippen LogP contribution < -0.4 is 9.80 Å². The highest BCUT2D eigenvalue weighted by Gasteiger charge is 2.21. The summed E-state index contributed by atoms with van der Waals surface area (Å²) in [5, 5.41) is 12.5. The van der Waals surface area contributed by atoms with Crippen LogP contribution in [0.25, 0.3) is 11.3 Å². The standard InChI is InChI=1S/C20H24N8/c1-20(2,3)16-13-27-12-15(4-5-17(27)22-16)25-8-10-26(11-9-25)19-7-6-18-23-21-14-28(18)24-19/h4-7,12-14H,8-11H2,1-3H3. The lowest BCUT2D eigenvalue weighted by molar-refractivity contribution is 0.573. The molecule has 8 nitrogen and oxygen atoms in total. The molecule has 4 aromatic rings. The lowest BCUT2D eigenvalue weighted by Crippen LogP contribution is -2.47. The van der Waals surface area contributed by atoms with Gasteiger partial charge in [0.05, 0.1) is 11.4 Å². The zero-order valence-corrected chi connectivity index (χ0v) is 16.4. The van der Waals surface area contributed by atoms with Gasteiger partial charge in [0.25, 0.3) is 0 Å². The van der Waals surface area contributed by atoms with Crippen molar-refractivity contribution in [3.05, 3.63) is 48.7 Å². The Morgan fingerprint density at radius 1 is 0.857 bits per heavy atom. The first-order valence-electron chi connectivity index (χ1n) is 9.64. The molecule has 0 amide bonds. The lowest BCUT2D eigenvalue weighted by atomic mass is 9.93. The third kappa shape index (κ3) is 2.94. The van der Waals surface area contributed by atoms with Crippen molar-refractivity contribution >= 4 is 22.8 Å². The zero-order chi connectivity index (χ0) is 19.3. The van der Waals surface area contributed by atoms with Gasteiger partial charge in [-0.3, -0.25) is 0 Å². The Morgan fingerprint density at radius 2 is 1.61 bits per heavy atom. The molecule has 0 spiro atoms. The van der Waals surface area contributed by atoms with E-state index in [1.165, 1.54) is 5.69 Å². The number of hydrogen-bond donors (Lipinski definition) is 0. The van der Waals surface area contributed by atoms with Gasteiger partial charge in [-0.25, -0.2) is 4.98 Å². The highest BCUT2D eigenvalue weighted by atomic mass is 15.4. The molecule has 1 saturated heterocycles. The second-order valence-electron chi connectivity index (χ2n) is 8.33. The van der Waals surface area contributed by atoms with Gasteiger partial charge in [-0.15, -0.1) is 15.3 Å². The van der Waals surface area contributed by atoms with E-state index in [1.54, 1.807) is 10.8 Å². The number of piperazine rings is 1. The van der Waals surface area contributed by atoms with Gasteiger partial charge in [0.1, 0.15) is 17.8 Å². The van der Waals surface area contributed by atoms with Crippen LogP contribution in [0.1, 0.15) is 26.5 Å². The highest BCUT2D eigenvalue weighted by molar-refractivity contribution is 5.54. The van der Waals surface area contributed by atoms with E-state index >= 15 is 0 Å². The molecule has 0 saturated carbocycles. The molecule has 0 atom stereocenters. The third-order valence-electron chi connectivity index (χ3n) is 5.32. The summed E-state index contributed by atoms with van der Waals surface area (Å²) < 4.78 is 3.87. The molecule has 1 fully saturated rings. The Morgan fingerprint density at radius 3 is 2.39 bits per heavy atom. The summed E-state index contributed by atoms with van der Waals surface area (Å²) in [4.78, 5) is 9.49. The summed E-state index contributed by atoms with van der Waals surface area (Å²) in [5.41, 5.74) is 4.16. The molecule has 0 aromatic carbocycles. The number of pyridine rings is 1. The van der Waals surface area contributed by atoms with E-state index in [9.17, 15) is 0 Å². The topological polar surface area (TPSA) is 66.9 Å². The van der Waals surface area contributed by atoms with Crippen molar-refractivity contribution in [1.82, 2.24) is 29.2 Å². The fourth-order valence-electron chi connectivity index (χ4n) is 3.61. The van der Waals surface area contributed by atoms with E-state index in [1.807, 2.05) is 12.1 Å². The summed E-state index contributed by atoms with van der Waals surface area (Å²) in [6.07, 6.45) is 5.98. The van der Waals surface area contributed by atoms with E-state index in [2.05, 4.69) is 74.8 Å². The zero-order valence-electron chi connectivity index (χ0n) is 16.4. The van der Waals surface area contributed by atoms with Crippen LogP contribution in [0.3, 0.4) is 0 Å². The van der Waals surface area contributed by atoms with Crippen LogP contribution in [0.2, 0.25) is 0 Å². The number of aromatic nitrogens is 6. The minimum atomic E-state index is 0.0523. The van der Waals surface area contributed by atoms with Crippen molar-refractivity contribution in [1.29, 1.82) is 0 Å². The molecule has 0 unspecified atom stereocenters. The van der Waals surface area contributed by atoms with Gasteiger partial charge in [0.15, 0.2) is 5.65 Å². The number of imidazole rings is 1. The molecule has 5 rings (SSSR count). The smallest absolute Gasteiger partial charge is 0.177 e. The van der Waals surface area contributed by atoms with Crippen molar-refractivity contribution in [3.8, 4) is 0 Å². The Kier molecular flexibility index (Phi) is 3.75.